The fourth-order valence-corrected chi connectivity index (χ4v) is 2.82. The highest BCUT2D eigenvalue weighted by molar-refractivity contribution is 7.98. The van der Waals surface area contributed by atoms with Crippen LogP contribution < -0.4 is 5.32 Å². The van der Waals surface area contributed by atoms with Crippen molar-refractivity contribution in [3.8, 4) is 0 Å². The van der Waals surface area contributed by atoms with Crippen molar-refractivity contribution in [1.82, 2.24) is 20.2 Å². The minimum absolute atomic E-state index is 0.0501. The van der Waals surface area contributed by atoms with Crippen molar-refractivity contribution < 1.29 is 9.59 Å². The van der Waals surface area contributed by atoms with Crippen LogP contribution in [0.15, 0.2) is 5.03 Å². The summed E-state index contributed by atoms with van der Waals surface area (Å²) < 4.78 is 0. The number of aryl methyl sites for hydroxylation is 1. The van der Waals surface area contributed by atoms with Gasteiger partial charge >= 0.3 is 0 Å². The summed E-state index contributed by atoms with van der Waals surface area (Å²) in [6, 6.07) is 0.295. The molecule has 126 valence electrons. The molecule has 2 rings (SSSR count). The number of carbonyl (C=O) groups excluding carboxylic acids is 2. The smallest absolute Gasteiger partial charge is 0.258 e. The molecule has 6 nitrogen and oxygen atoms in total. The molecule has 7 heteroatoms. The lowest BCUT2D eigenvalue weighted by molar-refractivity contribution is -0.121. The molecule has 0 radical (unpaired) electrons. The number of nitrogens with zero attached hydrogens (tertiary/aromatic N) is 3. The van der Waals surface area contributed by atoms with Crippen LogP contribution in [0, 0.1) is 6.92 Å². The van der Waals surface area contributed by atoms with E-state index in [9.17, 15) is 9.59 Å². The Morgan fingerprint density at radius 3 is 2.52 bits per heavy atom. The van der Waals surface area contributed by atoms with Crippen molar-refractivity contribution in [2.45, 2.75) is 50.6 Å². The first kappa shape index (κ1) is 17.7. The highest BCUT2D eigenvalue weighted by Gasteiger charge is 2.26. The monoisotopic (exact) mass is 336 g/mol. The number of hydrogen-bond donors (Lipinski definition) is 1. The van der Waals surface area contributed by atoms with Gasteiger partial charge in [-0.25, -0.2) is 9.97 Å². The van der Waals surface area contributed by atoms with Crippen LogP contribution in [0.1, 0.15) is 54.5 Å². The van der Waals surface area contributed by atoms with E-state index in [-0.39, 0.29) is 24.3 Å². The van der Waals surface area contributed by atoms with E-state index in [0.717, 1.165) is 18.7 Å². The predicted octanol–water partition coefficient (Wildman–Crippen LogP) is 1.98. The summed E-state index contributed by atoms with van der Waals surface area (Å²) in [6.07, 6.45) is 3.95. The maximum Gasteiger partial charge on any atom is 0.258 e. The molecule has 1 heterocycles. The number of rotatable bonds is 6. The molecule has 1 aromatic rings. The van der Waals surface area contributed by atoms with Crippen LogP contribution in [-0.2, 0) is 4.79 Å². The third-order valence-electron chi connectivity index (χ3n) is 3.67. The number of likely N-dealkylation sites (N-methyl/N-ethyl adjacent to an activating group) is 1. The second-order valence-electron chi connectivity index (χ2n) is 6.21. The Labute approximate surface area is 141 Å². The van der Waals surface area contributed by atoms with Crippen molar-refractivity contribution in [2.75, 3.05) is 19.8 Å². The van der Waals surface area contributed by atoms with Gasteiger partial charge in [-0.1, -0.05) is 13.8 Å². The third kappa shape index (κ3) is 4.43. The van der Waals surface area contributed by atoms with Crippen molar-refractivity contribution in [3.05, 3.63) is 17.1 Å². The van der Waals surface area contributed by atoms with Crippen molar-refractivity contribution in [3.63, 3.8) is 0 Å². The highest BCUT2D eigenvalue weighted by atomic mass is 32.2. The maximum absolute atomic E-state index is 12.7. The van der Waals surface area contributed by atoms with E-state index in [0.29, 0.717) is 22.3 Å². The first-order valence-electron chi connectivity index (χ1n) is 7.80. The molecule has 1 saturated carbocycles. The standard InChI is InChI=1S/C16H24N4O2S/c1-9(2)14-17-10(3)13(15(19-14)23-5)16(22)20(4)8-12(21)18-11-6-7-11/h9,11H,6-8H2,1-5H3,(H,18,21). The number of hydrogen-bond acceptors (Lipinski definition) is 5. The quantitative estimate of drug-likeness (QED) is 0.635. The summed E-state index contributed by atoms with van der Waals surface area (Å²) >= 11 is 1.43. The zero-order chi connectivity index (χ0) is 17.1. The Morgan fingerprint density at radius 1 is 1.35 bits per heavy atom. The van der Waals surface area contributed by atoms with Gasteiger partial charge < -0.3 is 10.2 Å². The van der Waals surface area contributed by atoms with E-state index < -0.39 is 0 Å². The van der Waals surface area contributed by atoms with Crippen LogP contribution >= 0.6 is 11.8 Å². The third-order valence-corrected chi connectivity index (χ3v) is 4.35. The fourth-order valence-electron chi connectivity index (χ4n) is 2.20. The fraction of sp³-hybridized carbons (Fsp3) is 0.625. The zero-order valence-electron chi connectivity index (χ0n) is 14.3. The number of thioether (sulfide) groups is 1. The minimum atomic E-state index is -0.215. The van der Waals surface area contributed by atoms with Gasteiger partial charge in [-0.15, -0.1) is 11.8 Å². The molecule has 0 saturated heterocycles. The molecule has 0 aliphatic heterocycles. The van der Waals surface area contributed by atoms with Crippen LogP contribution in [0.3, 0.4) is 0 Å². The topological polar surface area (TPSA) is 75.2 Å². The number of carbonyl (C=O) groups is 2. The second kappa shape index (κ2) is 7.29. The second-order valence-corrected chi connectivity index (χ2v) is 7.00. The first-order valence-corrected chi connectivity index (χ1v) is 9.03. The van der Waals surface area contributed by atoms with Gasteiger partial charge in [-0.2, -0.15) is 0 Å². The first-order chi connectivity index (χ1) is 10.8. The number of amides is 2. The Bertz CT molecular complexity index is 614. The highest BCUT2D eigenvalue weighted by Crippen LogP contribution is 2.24. The summed E-state index contributed by atoms with van der Waals surface area (Å²) in [5.41, 5.74) is 1.15. The molecule has 0 atom stereocenters. The van der Waals surface area contributed by atoms with Gasteiger partial charge in [-0.05, 0) is 26.0 Å². The van der Waals surface area contributed by atoms with Gasteiger partial charge in [0.15, 0.2) is 0 Å². The lowest BCUT2D eigenvalue weighted by atomic mass is 10.1. The van der Waals surface area contributed by atoms with E-state index in [1.165, 1.54) is 16.7 Å². The van der Waals surface area contributed by atoms with E-state index in [1.807, 2.05) is 27.0 Å². The van der Waals surface area contributed by atoms with Crippen molar-refractivity contribution in [1.29, 1.82) is 0 Å². The van der Waals surface area contributed by atoms with Gasteiger partial charge in [0.25, 0.3) is 5.91 Å². The number of aromatic nitrogens is 2. The molecule has 2 amide bonds. The van der Waals surface area contributed by atoms with Crippen LogP contribution in [0.4, 0.5) is 0 Å². The Balaban J connectivity index is 2.18. The lowest BCUT2D eigenvalue weighted by Crippen LogP contribution is -2.39. The summed E-state index contributed by atoms with van der Waals surface area (Å²) in [7, 11) is 1.63. The normalized spacial score (nSPS) is 14.0. The Hall–Kier alpha value is -1.63. The molecule has 1 aliphatic carbocycles. The van der Waals surface area contributed by atoms with Gasteiger partial charge in [0.2, 0.25) is 5.91 Å². The molecular weight excluding hydrogens is 312 g/mol. The molecule has 0 unspecified atom stereocenters. The van der Waals surface area contributed by atoms with Crippen LogP contribution in [-0.4, -0.2) is 52.6 Å². The molecule has 1 N–H and O–H groups in total. The Morgan fingerprint density at radius 2 is 2.00 bits per heavy atom. The molecule has 1 aliphatic rings. The van der Waals surface area contributed by atoms with Gasteiger partial charge in [0.1, 0.15) is 10.9 Å². The van der Waals surface area contributed by atoms with Gasteiger partial charge in [0, 0.05) is 19.0 Å². The number of nitrogens with one attached hydrogen (secondary N) is 1. The maximum atomic E-state index is 12.7. The molecule has 1 aromatic heterocycles. The molecular formula is C16H24N4O2S. The van der Waals surface area contributed by atoms with Crippen LogP contribution in [0.2, 0.25) is 0 Å². The van der Waals surface area contributed by atoms with Gasteiger partial charge in [-0.3, -0.25) is 9.59 Å². The SMILES string of the molecule is CSc1nc(C(C)C)nc(C)c1C(=O)N(C)CC(=O)NC1CC1. The molecule has 0 aromatic carbocycles. The average molecular weight is 336 g/mol. The summed E-state index contributed by atoms with van der Waals surface area (Å²) in [5.74, 6) is 0.600. The van der Waals surface area contributed by atoms with Gasteiger partial charge in [0.05, 0.1) is 17.8 Å². The summed E-state index contributed by atoms with van der Waals surface area (Å²) in [4.78, 5) is 35.0. The minimum Gasteiger partial charge on any atom is -0.352 e. The van der Waals surface area contributed by atoms with E-state index >= 15 is 0 Å². The molecule has 0 bridgehead atoms. The van der Waals surface area contributed by atoms with Crippen LogP contribution in [0.25, 0.3) is 0 Å². The molecule has 0 spiro atoms. The molecule has 1 fully saturated rings. The summed E-state index contributed by atoms with van der Waals surface area (Å²) in [6.45, 7) is 5.91. The zero-order valence-corrected chi connectivity index (χ0v) is 15.2. The van der Waals surface area contributed by atoms with Crippen molar-refractivity contribution >= 4 is 23.6 Å². The largest absolute Gasteiger partial charge is 0.352 e. The average Bonchev–Trinajstić information content (AvgIpc) is 3.29. The van der Waals surface area contributed by atoms with E-state index in [2.05, 4.69) is 15.3 Å². The predicted molar refractivity (Wildman–Crippen MR) is 90.8 cm³/mol. The van der Waals surface area contributed by atoms with Crippen molar-refractivity contribution in [2.24, 2.45) is 0 Å². The van der Waals surface area contributed by atoms with Crippen LogP contribution in [0.5, 0.6) is 0 Å². The van der Waals surface area contributed by atoms with E-state index in [4.69, 9.17) is 0 Å². The summed E-state index contributed by atoms with van der Waals surface area (Å²) in [5, 5.41) is 3.56. The Kier molecular flexibility index (Phi) is 5.62. The molecule has 23 heavy (non-hydrogen) atoms. The lowest BCUT2D eigenvalue weighted by Gasteiger charge is -2.20. The van der Waals surface area contributed by atoms with E-state index in [1.54, 1.807) is 7.05 Å².